The van der Waals surface area contributed by atoms with Crippen molar-refractivity contribution < 1.29 is 13.9 Å². The smallest absolute Gasteiger partial charge is 0.220 e. The van der Waals surface area contributed by atoms with Crippen molar-refractivity contribution in [2.45, 2.75) is 19.3 Å². The van der Waals surface area contributed by atoms with Gasteiger partial charge in [0.2, 0.25) is 11.8 Å². The number of nitrogens with one attached hydrogen (secondary N) is 1. The second-order valence-corrected chi connectivity index (χ2v) is 4.66. The number of aromatic nitrogens is 2. The molecule has 114 valence electrons. The third-order valence-electron chi connectivity index (χ3n) is 3.13. The van der Waals surface area contributed by atoms with Gasteiger partial charge >= 0.3 is 0 Å². The molecule has 0 aliphatic rings. The van der Waals surface area contributed by atoms with Crippen LogP contribution in [0.4, 0.5) is 0 Å². The summed E-state index contributed by atoms with van der Waals surface area (Å²) in [5, 5.41) is 11.2. The number of hydrogen-bond donors (Lipinski definition) is 1. The molecule has 1 heterocycles. The topological polar surface area (TPSA) is 69.4 Å². The average Bonchev–Trinajstić information content (AvgIpc) is 2.95. The molecule has 1 aromatic heterocycles. The number of ether oxygens (including phenoxy) is 2. The zero-order valence-electron chi connectivity index (χ0n) is 12.7. The van der Waals surface area contributed by atoms with E-state index in [2.05, 4.69) is 15.5 Å². The molecule has 21 heavy (non-hydrogen) atoms. The Bertz CT molecular complexity index is 569. The minimum absolute atomic E-state index is 0.583. The molecule has 6 nitrogen and oxygen atoms in total. The lowest BCUT2D eigenvalue weighted by Gasteiger charge is -2.08. The van der Waals surface area contributed by atoms with Gasteiger partial charge in [-0.25, -0.2) is 0 Å². The molecule has 0 atom stereocenters. The fourth-order valence-corrected chi connectivity index (χ4v) is 2.04. The van der Waals surface area contributed by atoms with Gasteiger partial charge in [0, 0.05) is 6.42 Å². The predicted octanol–water partition coefficient (Wildman–Crippen LogP) is 1.83. The van der Waals surface area contributed by atoms with Gasteiger partial charge in [0.1, 0.15) is 0 Å². The van der Waals surface area contributed by atoms with Crippen molar-refractivity contribution in [3.05, 3.63) is 35.5 Å². The Morgan fingerprint density at radius 2 is 1.86 bits per heavy atom. The fourth-order valence-electron chi connectivity index (χ4n) is 2.04. The molecular formula is C15H21N3O3. The molecule has 1 N–H and O–H groups in total. The molecule has 1 aromatic carbocycles. The first kappa shape index (κ1) is 15.3. The second kappa shape index (κ2) is 7.64. The Balaban J connectivity index is 2.01. The third kappa shape index (κ3) is 4.19. The van der Waals surface area contributed by atoms with Crippen LogP contribution in [-0.4, -0.2) is 38.0 Å². The van der Waals surface area contributed by atoms with Crippen molar-refractivity contribution in [2.24, 2.45) is 0 Å². The van der Waals surface area contributed by atoms with Gasteiger partial charge in [-0.2, -0.15) is 0 Å². The van der Waals surface area contributed by atoms with Crippen LogP contribution < -0.4 is 14.8 Å². The number of hydrogen-bond acceptors (Lipinski definition) is 6. The van der Waals surface area contributed by atoms with E-state index in [4.69, 9.17) is 13.9 Å². The molecule has 0 aliphatic carbocycles. The summed E-state index contributed by atoms with van der Waals surface area (Å²) in [5.74, 6) is 2.70. The molecule has 2 aromatic rings. The van der Waals surface area contributed by atoms with Crippen molar-refractivity contribution in [3.8, 4) is 11.5 Å². The lowest BCUT2D eigenvalue weighted by molar-refractivity contribution is 0.354. The highest BCUT2D eigenvalue weighted by Crippen LogP contribution is 2.28. The van der Waals surface area contributed by atoms with Crippen molar-refractivity contribution in [2.75, 3.05) is 27.8 Å². The minimum atomic E-state index is 0.583. The summed E-state index contributed by atoms with van der Waals surface area (Å²) in [6.45, 7) is 0.938. The molecule has 0 spiro atoms. The first-order chi connectivity index (χ1) is 10.3. The maximum atomic E-state index is 5.64. The Hall–Kier alpha value is -2.08. The maximum absolute atomic E-state index is 5.64. The fraction of sp³-hybridized carbons (Fsp3) is 0.467. The summed E-state index contributed by atoms with van der Waals surface area (Å²) in [5.41, 5.74) is 1.04. The first-order valence-electron chi connectivity index (χ1n) is 6.93. The molecule has 0 saturated heterocycles. The number of rotatable bonds is 8. The van der Waals surface area contributed by atoms with E-state index in [0.717, 1.165) is 24.9 Å². The summed E-state index contributed by atoms with van der Waals surface area (Å²) in [4.78, 5) is 0. The molecule has 0 amide bonds. The van der Waals surface area contributed by atoms with E-state index in [9.17, 15) is 0 Å². The molecule has 0 saturated carbocycles. The molecule has 0 aliphatic heterocycles. The summed E-state index contributed by atoms with van der Waals surface area (Å²) in [6, 6.07) is 5.76. The van der Waals surface area contributed by atoms with Crippen molar-refractivity contribution in [3.63, 3.8) is 0 Å². The molecule has 0 bridgehead atoms. The van der Waals surface area contributed by atoms with Crippen LogP contribution in [0.3, 0.4) is 0 Å². The van der Waals surface area contributed by atoms with Crippen LogP contribution in [0.1, 0.15) is 23.8 Å². The van der Waals surface area contributed by atoms with Gasteiger partial charge in [-0.1, -0.05) is 6.07 Å². The first-order valence-corrected chi connectivity index (χ1v) is 6.93. The van der Waals surface area contributed by atoms with Gasteiger partial charge in [0.15, 0.2) is 11.5 Å². The largest absolute Gasteiger partial charge is 0.493 e. The highest BCUT2D eigenvalue weighted by Gasteiger charge is 2.09. The van der Waals surface area contributed by atoms with Gasteiger partial charge in [-0.15, -0.1) is 10.2 Å². The van der Waals surface area contributed by atoms with Gasteiger partial charge in [-0.05, 0) is 37.7 Å². The number of nitrogens with zero attached hydrogens (tertiary/aromatic N) is 2. The summed E-state index contributed by atoms with van der Waals surface area (Å²) < 4.78 is 16.1. The normalized spacial score (nSPS) is 10.6. The molecule has 0 fully saturated rings. The van der Waals surface area contributed by atoms with Crippen LogP contribution in [0.25, 0.3) is 0 Å². The SMILES string of the molecule is CNCCCc1nnc(Cc2ccc(OC)c(OC)c2)o1. The van der Waals surface area contributed by atoms with E-state index in [1.807, 2.05) is 25.2 Å². The van der Waals surface area contributed by atoms with Gasteiger partial charge in [0.25, 0.3) is 0 Å². The summed E-state index contributed by atoms with van der Waals surface area (Å²) in [7, 11) is 5.16. The molecule has 0 radical (unpaired) electrons. The summed E-state index contributed by atoms with van der Waals surface area (Å²) >= 11 is 0. The molecular weight excluding hydrogens is 270 g/mol. The van der Waals surface area contributed by atoms with Crippen molar-refractivity contribution in [1.82, 2.24) is 15.5 Å². The lowest BCUT2D eigenvalue weighted by atomic mass is 10.1. The average molecular weight is 291 g/mol. The Morgan fingerprint density at radius 3 is 2.57 bits per heavy atom. The van der Waals surface area contributed by atoms with E-state index < -0.39 is 0 Å². The van der Waals surface area contributed by atoms with Crippen LogP contribution in [0.15, 0.2) is 22.6 Å². The quantitative estimate of drug-likeness (QED) is 0.748. The standard InChI is InChI=1S/C15H21N3O3/c1-16-8-4-5-14-17-18-15(21-14)10-11-6-7-12(19-2)13(9-11)20-3/h6-7,9,16H,4-5,8,10H2,1-3H3. The Morgan fingerprint density at radius 1 is 1.10 bits per heavy atom. The van der Waals surface area contributed by atoms with E-state index in [0.29, 0.717) is 29.7 Å². The zero-order valence-corrected chi connectivity index (χ0v) is 12.7. The third-order valence-corrected chi connectivity index (χ3v) is 3.13. The minimum Gasteiger partial charge on any atom is -0.493 e. The number of benzene rings is 1. The highest BCUT2D eigenvalue weighted by molar-refractivity contribution is 5.43. The van der Waals surface area contributed by atoms with E-state index in [1.165, 1.54) is 0 Å². The lowest BCUT2D eigenvalue weighted by Crippen LogP contribution is -2.08. The van der Waals surface area contributed by atoms with Crippen LogP contribution in [0.5, 0.6) is 11.5 Å². The molecule has 6 heteroatoms. The van der Waals surface area contributed by atoms with E-state index in [1.54, 1.807) is 14.2 Å². The van der Waals surface area contributed by atoms with Crippen LogP contribution in [0.2, 0.25) is 0 Å². The second-order valence-electron chi connectivity index (χ2n) is 4.66. The number of aryl methyl sites for hydroxylation is 1. The van der Waals surface area contributed by atoms with E-state index in [-0.39, 0.29) is 0 Å². The van der Waals surface area contributed by atoms with Gasteiger partial charge in [-0.3, -0.25) is 0 Å². The van der Waals surface area contributed by atoms with E-state index >= 15 is 0 Å². The Labute approximate surface area is 124 Å². The maximum Gasteiger partial charge on any atom is 0.220 e. The van der Waals surface area contributed by atoms with Gasteiger partial charge in [0.05, 0.1) is 20.6 Å². The molecule has 0 unspecified atom stereocenters. The van der Waals surface area contributed by atoms with Crippen molar-refractivity contribution >= 4 is 0 Å². The predicted molar refractivity (Wildman–Crippen MR) is 78.9 cm³/mol. The summed E-state index contributed by atoms with van der Waals surface area (Å²) in [6.07, 6.45) is 2.35. The number of methoxy groups -OCH3 is 2. The monoisotopic (exact) mass is 291 g/mol. The Kier molecular flexibility index (Phi) is 5.57. The highest BCUT2D eigenvalue weighted by atomic mass is 16.5. The van der Waals surface area contributed by atoms with Crippen LogP contribution >= 0.6 is 0 Å². The van der Waals surface area contributed by atoms with Crippen LogP contribution in [0, 0.1) is 0 Å². The molecule has 2 rings (SSSR count). The van der Waals surface area contributed by atoms with Crippen molar-refractivity contribution in [1.29, 1.82) is 0 Å². The van der Waals surface area contributed by atoms with Crippen LogP contribution in [-0.2, 0) is 12.8 Å². The zero-order chi connectivity index (χ0) is 15.1. The van der Waals surface area contributed by atoms with Gasteiger partial charge < -0.3 is 19.2 Å².